The summed E-state index contributed by atoms with van der Waals surface area (Å²) < 4.78 is 0.891. The van der Waals surface area contributed by atoms with Crippen LogP contribution in [0.15, 0.2) is 47.2 Å². The molecule has 0 saturated carbocycles. The molecule has 2 aromatic rings. The fourth-order valence-electron chi connectivity index (χ4n) is 1.71. The number of halogens is 1. The van der Waals surface area contributed by atoms with Crippen molar-refractivity contribution in [1.82, 2.24) is 10.3 Å². The third-order valence-corrected chi connectivity index (χ3v) is 3.67. The summed E-state index contributed by atoms with van der Waals surface area (Å²) in [5.74, 6) is -0.339. The Morgan fingerprint density at radius 1 is 1.32 bits per heavy atom. The molecule has 1 heterocycles. The molecule has 0 fully saturated rings. The highest BCUT2D eigenvalue weighted by Gasteiger charge is 2.15. The van der Waals surface area contributed by atoms with Crippen molar-refractivity contribution < 1.29 is 9.90 Å². The molecule has 1 aromatic carbocycles. The van der Waals surface area contributed by atoms with Crippen molar-refractivity contribution in [3.63, 3.8) is 0 Å². The molecule has 0 saturated heterocycles. The van der Waals surface area contributed by atoms with Crippen LogP contribution in [0.25, 0.3) is 0 Å². The second-order valence-electron chi connectivity index (χ2n) is 4.07. The lowest BCUT2D eigenvalue weighted by atomic mass is 10.1. The molecular formula is C14H13BrN2O2. The average molecular weight is 321 g/mol. The Morgan fingerprint density at radius 3 is 2.68 bits per heavy atom. The number of nitrogens with zero attached hydrogens (tertiary/aromatic N) is 1. The minimum atomic E-state index is -1.04. The maximum Gasteiger partial charge on any atom is 0.253 e. The first-order valence-corrected chi connectivity index (χ1v) is 6.53. The number of hydrogen-bond donors (Lipinski definition) is 2. The smallest absolute Gasteiger partial charge is 0.253 e. The number of benzene rings is 1. The van der Waals surface area contributed by atoms with Gasteiger partial charge in [-0.3, -0.25) is 9.78 Å². The summed E-state index contributed by atoms with van der Waals surface area (Å²) in [6.45, 7) is 1.88. The Morgan fingerprint density at radius 2 is 2.00 bits per heavy atom. The number of rotatable bonds is 3. The van der Waals surface area contributed by atoms with Crippen LogP contribution >= 0.6 is 15.9 Å². The van der Waals surface area contributed by atoms with Crippen LogP contribution in [-0.4, -0.2) is 16.0 Å². The van der Waals surface area contributed by atoms with Crippen LogP contribution in [0.3, 0.4) is 0 Å². The van der Waals surface area contributed by atoms with Gasteiger partial charge < -0.3 is 10.4 Å². The average Bonchev–Trinajstić information content (AvgIpc) is 2.42. The number of aliphatic hydroxyl groups is 1. The molecule has 0 bridgehead atoms. The number of pyridine rings is 1. The van der Waals surface area contributed by atoms with Gasteiger partial charge in [-0.1, -0.05) is 28.1 Å². The highest BCUT2D eigenvalue weighted by molar-refractivity contribution is 9.10. The fourth-order valence-corrected chi connectivity index (χ4v) is 2.09. The summed E-state index contributed by atoms with van der Waals surface area (Å²) in [5, 5.41) is 12.6. The lowest BCUT2D eigenvalue weighted by Gasteiger charge is -2.16. The van der Waals surface area contributed by atoms with E-state index in [4.69, 9.17) is 0 Å². The Kier molecular flexibility index (Phi) is 4.29. The van der Waals surface area contributed by atoms with Crippen molar-refractivity contribution in [2.45, 2.75) is 13.2 Å². The van der Waals surface area contributed by atoms with E-state index >= 15 is 0 Å². The molecule has 0 radical (unpaired) electrons. The highest BCUT2D eigenvalue weighted by atomic mass is 79.9. The van der Waals surface area contributed by atoms with Crippen molar-refractivity contribution in [3.8, 4) is 0 Å². The Bertz CT molecular complexity index is 587. The molecule has 2 N–H and O–H groups in total. The Labute approximate surface area is 119 Å². The normalized spacial score (nSPS) is 11.9. The predicted octanol–water partition coefficient (Wildman–Crippen LogP) is 2.57. The maximum absolute atomic E-state index is 11.9. The summed E-state index contributed by atoms with van der Waals surface area (Å²) in [4.78, 5) is 15.8. The van der Waals surface area contributed by atoms with Gasteiger partial charge in [0.05, 0.1) is 0 Å². The number of aliphatic hydroxyl groups excluding tert-OH is 1. The summed E-state index contributed by atoms with van der Waals surface area (Å²) in [6.07, 6.45) is 2.02. The summed E-state index contributed by atoms with van der Waals surface area (Å²) in [7, 11) is 0. The molecule has 1 amide bonds. The van der Waals surface area contributed by atoms with E-state index in [1.54, 1.807) is 18.2 Å². The SMILES string of the molecule is Cc1c(Br)cccc1C(O)NC(=O)c1ccncc1. The van der Waals surface area contributed by atoms with Gasteiger partial charge in [-0.05, 0) is 30.7 Å². The fraction of sp³-hybridized carbons (Fsp3) is 0.143. The minimum Gasteiger partial charge on any atom is -0.369 e. The van der Waals surface area contributed by atoms with Crippen LogP contribution < -0.4 is 5.32 Å². The third-order valence-electron chi connectivity index (χ3n) is 2.81. The monoisotopic (exact) mass is 320 g/mol. The van der Waals surface area contributed by atoms with Gasteiger partial charge in [-0.25, -0.2) is 0 Å². The topological polar surface area (TPSA) is 62.2 Å². The maximum atomic E-state index is 11.9. The van der Waals surface area contributed by atoms with E-state index in [0.29, 0.717) is 11.1 Å². The third kappa shape index (κ3) is 3.19. The van der Waals surface area contributed by atoms with Crippen molar-refractivity contribution in [2.75, 3.05) is 0 Å². The molecule has 0 aliphatic heterocycles. The van der Waals surface area contributed by atoms with Gasteiger partial charge in [0.15, 0.2) is 6.23 Å². The molecule has 1 aromatic heterocycles. The highest BCUT2D eigenvalue weighted by Crippen LogP contribution is 2.23. The van der Waals surface area contributed by atoms with E-state index in [9.17, 15) is 9.90 Å². The summed E-state index contributed by atoms with van der Waals surface area (Å²) in [6, 6.07) is 8.66. The summed E-state index contributed by atoms with van der Waals surface area (Å²) >= 11 is 3.39. The van der Waals surface area contributed by atoms with Gasteiger partial charge in [0.2, 0.25) is 0 Å². The van der Waals surface area contributed by atoms with Gasteiger partial charge in [-0.15, -0.1) is 0 Å². The lowest BCUT2D eigenvalue weighted by Crippen LogP contribution is -2.28. The first-order valence-electron chi connectivity index (χ1n) is 5.73. The van der Waals surface area contributed by atoms with Crippen LogP contribution in [0.5, 0.6) is 0 Å². The molecule has 0 spiro atoms. The zero-order chi connectivity index (χ0) is 13.8. The molecule has 98 valence electrons. The zero-order valence-corrected chi connectivity index (χ0v) is 11.9. The van der Waals surface area contributed by atoms with Crippen molar-refractivity contribution in [2.24, 2.45) is 0 Å². The molecule has 19 heavy (non-hydrogen) atoms. The molecule has 0 aliphatic carbocycles. The van der Waals surface area contributed by atoms with Gasteiger partial charge in [-0.2, -0.15) is 0 Å². The molecular weight excluding hydrogens is 308 g/mol. The second-order valence-corrected chi connectivity index (χ2v) is 4.92. The first kappa shape index (κ1) is 13.7. The minimum absolute atomic E-state index is 0.339. The van der Waals surface area contributed by atoms with Crippen molar-refractivity contribution in [3.05, 3.63) is 63.9 Å². The molecule has 1 unspecified atom stereocenters. The van der Waals surface area contributed by atoms with Crippen LogP contribution in [-0.2, 0) is 0 Å². The first-order chi connectivity index (χ1) is 9.09. The van der Waals surface area contributed by atoms with E-state index in [-0.39, 0.29) is 5.91 Å². The van der Waals surface area contributed by atoms with Crippen LogP contribution in [0.4, 0.5) is 0 Å². The summed E-state index contributed by atoms with van der Waals surface area (Å²) in [5.41, 5.74) is 2.02. The number of carbonyl (C=O) groups is 1. The van der Waals surface area contributed by atoms with Gasteiger partial charge in [0.1, 0.15) is 0 Å². The van der Waals surface area contributed by atoms with E-state index in [2.05, 4.69) is 26.2 Å². The van der Waals surface area contributed by atoms with Crippen LogP contribution in [0.2, 0.25) is 0 Å². The van der Waals surface area contributed by atoms with E-state index in [1.165, 1.54) is 12.4 Å². The molecule has 1 atom stereocenters. The molecule has 5 heteroatoms. The largest absolute Gasteiger partial charge is 0.369 e. The second kappa shape index (κ2) is 5.95. The number of hydrogen-bond acceptors (Lipinski definition) is 3. The predicted molar refractivity (Wildman–Crippen MR) is 75.5 cm³/mol. The quantitative estimate of drug-likeness (QED) is 0.854. The van der Waals surface area contributed by atoms with E-state index < -0.39 is 6.23 Å². The molecule has 4 nitrogen and oxygen atoms in total. The van der Waals surface area contributed by atoms with E-state index in [0.717, 1.165) is 10.0 Å². The van der Waals surface area contributed by atoms with Crippen molar-refractivity contribution in [1.29, 1.82) is 0 Å². The van der Waals surface area contributed by atoms with Gasteiger partial charge >= 0.3 is 0 Å². The van der Waals surface area contributed by atoms with Crippen LogP contribution in [0, 0.1) is 6.92 Å². The van der Waals surface area contributed by atoms with Gasteiger partial charge in [0.25, 0.3) is 5.91 Å². The Balaban J connectivity index is 2.15. The Hall–Kier alpha value is -1.72. The van der Waals surface area contributed by atoms with E-state index in [1.807, 2.05) is 19.1 Å². The number of carbonyl (C=O) groups excluding carboxylic acids is 1. The lowest BCUT2D eigenvalue weighted by molar-refractivity contribution is 0.0782. The van der Waals surface area contributed by atoms with Gasteiger partial charge in [0, 0.05) is 28.0 Å². The molecule has 0 aliphatic rings. The number of amides is 1. The van der Waals surface area contributed by atoms with Crippen molar-refractivity contribution >= 4 is 21.8 Å². The zero-order valence-electron chi connectivity index (χ0n) is 10.3. The number of nitrogens with one attached hydrogen (secondary N) is 1. The number of aromatic nitrogens is 1. The molecule has 2 rings (SSSR count). The standard InChI is InChI=1S/C14H13BrN2O2/c1-9-11(3-2-4-12(9)15)14(19)17-13(18)10-5-7-16-8-6-10/h2-8,14,19H,1H3,(H,17,18). The van der Waals surface area contributed by atoms with Crippen LogP contribution in [0.1, 0.15) is 27.7 Å².